The number of allylic oxidation sites excluding steroid dienone is 16. The summed E-state index contributed by atoms with van der Waals surface area (Å²) < 4.78 is 16.9. The van der Waals surface area contributed by atoms with E-state index in [1.54, 1.807) is 0 Å². The number of hydrogen-bond donors (Lipinski definition) is 0. The van der Waals surface area contributed by atoms with Gasteiger partial charge in [0.2, 0.25) is 0 Å². The van der Waals surface area contributed by atoms with Crippen LogP contribution >= 0.6 is 0 Å². The molecule has 0 fully saturated rings. The maximum Gasteiger partial charge on any atom is 0.306 e. The van der Waals surface area contributed by atoms with Crippen molar-refractivity contribution in [1.82, 2.24) is 0 Å². The van der Waals surface area contributed by atoms with Crippen molar-refractivity contribution in [2.75, 3.05) is 13.2 Å². The van der Waals surface area contributed by atoms with Crippen LogP contribution in [-0.2, 0) is 28.6 Å². The zero-order chi connectivity index (χ0) is 58.5. The van der Waals surface area contributed by atoms with Crippen LogP contribution in [0.2, 0.25) is 0 Å². The van der Waals surface area contributed by atoms with Crippen molar-refractivity contribution in [3.63, 3.8) is 0 Å². The van der Waals surface area contributed by atoms with Gasteiger partial charge in [0.1, 0.15) is 13.2 Å². The standard InChI is InChI=1S/C75H130O6/c1-4-7-10-13-16-19-22-24-26-28-30-32-33-34-35-36-37-38-39-40-41-43-44-46-48-50-53-56-59-62-65-68-74(77)80-71-72(70-79-73(76)67-64-61-58-55-52-21-18-15-12-9-6-3)81-75(78)69-66-63-60-57-54-51-49-47-45-42-31-29-27-25-23-20-17-14-11-8-5-2/h8,11,17,20,22,24-25,27-28,30-31,42,47,49,54,57,72H,4-7,9-10,12-16,18-19,21,23,26,29,32-41,43-46,48,50-53,55-56,58-71H2,1-3H3/b11-8-,20-17-,24-22-,27-25-,30-28-,42-31-,49-47-,57-54-. The van der Waals surface area contributed by atoms with Crippen LogP contribution in [0.5, 0.6) is 0 Å². The SMILES string of the molecule is CC/C=C\C/C=C\C/C=C\C/C=C\C/C=C\C/C=C\CCCCC(=O)OC(COC(=O)CCCCCCCCCCCCC)COC(=O)CCCCCCCCCCCCCCCCCCCCC/C=C\C/C=C\CCCCCCC. The average molecular weight is 1130 g/mol. The van der Waals surface area contributed by atoms with Gasteiger partial charge in [-0.2, -0.15) is 0 Å². The number of carbonyl (C=O) groups is 3. The van der Waals surface area contributed by atoms with Crippen molar-refractivity contribution in [1.29, 1.82) is 0 Å². The molecule has 6 heteroatoms. The van der Waals surface area contributed by atoms with Crippen LogP contribution in [0.1, 0.15) is 342 Å². The number of unbranched alkanes of at least 4 members (excludes halogenated alkanes) is 36. The van der Waals surface area contributed by atoms with Crippen LogP contribution in [0.15, 0.2) is 97.2 Å². The quantitative estimate of drug-likeness (QED) is 0.0261. The van der Waals surface area contributed by atoms with E-state index in [2.05, 4.69) is 118 Å². The Morgan fingerprint density at radius 1 is 0.259 bits per heavy atom. The van der Waals surface area contributed by atoms with E-state index in [0.717, 1.165) is 96.3 Å². The topological polar surface area (TPSA) is 78.9 Å². The van der Waals surface area contributed by atoms with Gasteiger partial charge in [0.15, 0.2) is 6.10 Å². The molecule has 0 spiro atoms. The number of ether oxygens (including phenoxy) is 3. The van der Waals surface area contributed by atoms with Gasteiger partial charge in [0.25, 0.3) is 0 Å². The van der Waals surface area contributed by atoms with Crippen LogP contribution in [-0.4, -0.2) is 37.2 Å². The van der Waals surface area contributed by atoms with Crippen LogP contribution in [0.3, 0.4) is 0 Å². The Balaban J connectivity index is 4.22. The second-order valence-corrected chi connectivity index (χ2v) is 23.1. The normalized spacial score (nSPS) is 12.7. The van der Waals surface area contributed by atoms with Gasteiger partial charge in [-0.25, -0.2) is 0 Å². The van der Waals surface area contributed by atoms with Gasteiger partial charge < -0.3 is 14.2 Å². The van der Waals surface area contributed by atoms with Gasteiger partial charge >= 0.3 is 17.9 Å². The fraction of sp³-hybridized carbons (Fsp3) is 0.747. The van der Waals surface area contributed by atoms with E-state index >= 15 is 0 Å². The smallest absolute Gasteiger partial charge is 0.306 e. The number of carbonyl (C=O) groups excluding carboxylic acids is 3. The molecule has 0 bridgehead atoms. The van der Waals surface area contributed by atoms with Crippen LogP contribution in [0.25, 0.3) is 0 Å². The molecule has 0 saturated heterocycles. The van der Waals surface area contributed by atoms with Crippen LogP contribution in [0, 0.1) is 0 Å². The van der Waals surface area contributed by atoms with E-state index in [4.69, 9.17) is 14.2 Å². The first-order chi connectivity index (χ1) is 40.0. The lowest BCUT2D eigenvalue weighted by atomic mass is 10.0. The maximum absolute atomic E-state index is 12.9. The van der Waals surface area contributed by atoms with E-state index in [-0.39, 0.29) is 37.5 Å². The summed E-state index contributed by atoms with van der Waals surface area (Å²) in [6.45, 7) is 6.51. The molecule has 466 valence electrons. The summed E-state index contributed by atoms with van der Waals surface area (Å²) in [6.07, 6.45) is 93.0. The molecule has 6 nitrogen and oxygen atoms in total. The summed E-state index contributed by atoms with van der Waals surface area (Å²) in [5, 5.41) is 0. The second kappa shape index (κ2) is 68.8. The second-order valence-electron chi connectivity index (χ2n) is 23.1. The summed E-state index contributed by atoms with van der Waals surface area (Å²) >= 11 is 0. The highest BCUT2D eigenvalue weighted by Gasteiger charge is 2.19. The summed E-state index contributed by atoms with van der Waals surface area (Å²) in [4.78, 5) is 38.3. The third kappa shape index (κ3) is 67.0. The highest BCUT2D eigenvalue weighted by molar-refractivity contribution is 5.71. The lowest BCUT2D eigenvalue weighted by Crippen LogP contribution is -2.30. The lowest BCUT2D eigenvalue weighted by molar-refractivity contribution is -0.167. The van der Waals surface area contributed by atoms with Crippen molar-refractivity contribution in [2.24, 2.45) is 0 Å². The van der Waals surface area contributed by atoms with Crippen molar-refractivity contribution in [3.05, 3.63) is 97.2 Å². The van der Waals surface area contributed by atoms with E-state index < -0.39 is 6.10 Å². The van der Waals surface area contributed by atoms with E-state index in [9.17, 15) is 14.4 Å². The van der Waals surface area contributed by atoms with Crippen LogP contribution < -0.4 is 0 Å². The molecule has 1 unspecified atom stereocenters. The lowest BCUT2D eigenvalue weighted by Gasteiger charge is -2.18. The number of esters is 3. The Morgan fingerprint density at radius 2 is 0.481 bits per heavy atom. The molecule has 0 aromatic rings. The monoisotopic (exact) mass is 1130 g/mol. The highest BCUT2D eigenvalue weighted by atomic mass is 16.6. The van der Waals surface area contributed by atoms with Gasteiger partial charge in [0.05, 0.1) is 0 Å². The zero-order valence-electron chi connectivity index (χ0n) is 53.5. The number of hydrogen-bond acceptors (Lipinski definition) is 6. The Labute approximate surface area is 502 Å². The van der Waals surface area contributed by atoms with Crippen molar-refractivity contribution in [3.8, 4) is 0 Å². The summed E-state index contributed by atoms with van der Waals surface area (Å²) in [7, 11) is 0. The summed E-state index contributed by atoms with van der Waals surface area (Å²) in [5.41, 5.74) is 0. The Hall–Kier alpha value is -3.67. The Morgan fingerprint density at radius 3 is 0.778 bits per heavy atom. The predicted octanol–water partition coefficient (Wildman–Crippen LogP) is 24.0. The molecule has 0 aliphatic heterocycles. The molecular formula is C75H130O6. The van der Waals surface area contributed by atoms with Gasteiger partial charge in [-0.15, -0.1) is 0 Å². The van der Waals surface area contributed by atoms with Crippen LogP contribution in [0.4, 0.5) is 0 Å². The molecule has 0 aromatic carbocycles. The molecule has 0 rings (SSSR count). The van der Waals surface area contributed by atoms with E-state index in [1.165, 1.54) is 199 Å². The molecule has 0 N–H and O–H groups in total. The first kappa shape index (κ1) is 77.3. The van der Waals surface area contributed by atoms with Gasteiger partial charge in [-0.3, -0.25) is 14.4 Å². The van der Waals surface area contributed by atoms with Crippen molar-refractivity contribution >= 4 is 17.9 Å². The number of rotatable bonds is 63. The van der Waals surface area contributed by atoms with Crippen molar-refractivity contribution < 1.29 is 28.6 Å². The predicted molar refractivity (Wildman–Crippen MR) is 353 cm³/mol. The zero-order valence-corrected chi connectivity index (χ0v) is 53.5. The van der Waals surface area contributed by atoms with Gasteiger partial charge in [-0.05, 0) is 103 Å². The van der Waals surface area contributed by atoms with Gasteiger partial charge in [-0.1, -0.05) is 317 Å². The summed E-state index contributed by atoms with van der Waals surface area (Å²) in [5.74, 6) is -0.922. The third-order valence-corrected chi connectivity index (χ3v) is 15.1. The molecule has 81 heavy (non-hydrogen) atoms. The van der Waals surface area contributed by atoms with Gasteiger partial charge in [0, 0.05) is 19.3 Å². The minimum atomic E-state index is -0.799. The molecule has 0 heterocycles. The average Bonchev–Trinajstić information content (AvgIpc) is 3.47. The van der Waals surface area contributed by atoms with E-state index in [1.807, 2.05) is 0 Å². The highest BCUT2D eigenvalue weighted by Crippen LogP contribution is 2.17. The third-order valence-electron chi connectivity index (χ3n) is 15.1. The molecule has 0 aliphatic rings. The Bertz CT molecular complexity index is 1580. The minimum Gasteiger partial charge on any atom is -0.462 e. The van der Waals surface area contributed by atoms with E-state index in [0.29, 0.717) is 19.3 Å². The minimum absolute atomic E-state index is 0.0916. The fourth-order valence-corrected chi connectivity index (χ4v) is 9.89. The molecule has 0 aliphatic carbocycles. The molecule has 0 amide bonds. The molecule has 0 saturated carbocycles. The molecular weight excluding hydrogens is 997 g/mol. The van der Waals surface area contributed by atoms with Crippen molar-refractivity contribution in [2.45, 2.75) is 348 Å². The maximum atomic E-state index is 12.9. The summed E-state index contributed by atoms with van der Waals surface area (Å²) in [6, 6.07) is 0. The Kier molecular flexibility index (Phi) is 65.7. The first-order valence-corrected chi connectivity index (χ1v) is 34.7. The molecule has 1 atom stereocenters. The first-order valence-electron chi connectivity index (χ1n) is 34.7. The fourth-order valence-electron chi connectivity index (χ4n) is 9.89. The largest absolute Gasteiger partial charge is 0.462 e. The molecule has 0 radical (unpaired) electrons. The molecule has 0 aromatic heterocycles.